The molecule has 1 aliphatic rings. The van der Waals surface area contributed by atoms with Gasteiger partial charge in [0.25, 0.3) is 0 Å². The van der Waals surface area contributed by atoms with Crippen LogP contribution in [0, 0.1) is 24.2 Å². The van der Waals surface area contributed by atoms with Crippen LogP contribution in [0.4, 0.5) is 5.69 Å². The summed E-state index contributed by atoms with van der Waals surface area (Å²) in [5, 5.41) is 15.7. The highest BCUT2D eigenvalue weighted by Crippen LogP contribution is 2.39. The summed E-state index contributed by atoms with van der Waals surface area (Å²) in [7, 11) is 1.55. The van der Waals surface area contributed by atoms with E-state index in [1.807, 2.05) is 13.0 Å². The second-order valence-electron chi connectivity index (χ2n) is 5.79. The zero-order valence-corrected chi connectivity index (χ0v) is 13.8. The molecule has 1 unspecified atom stereocenters. The third-order valence-electron chi connectivity index (χ3n) is 3.95. The molecule has 5 nitrogen and oxygen atoms in total. The second-order valence-corrected chi connectivity index (χ2v) is 6.20. The van der Waals surface area contributed by atoms with Crippen LogP contribution in [0.15, 0.2) is 12.1 Å². The van der Waals surface area contributed by atoms with Gasteiger partial charge in [-0.05, 0) is 44.2 Å². The molecule has 1 aromatic carbocycles. The molecule has 0 saturated heterocycles. The molecule has 1 aliphatic carbocycles. The van der Waals surface area contributed by atoms with Gasteiger partial charge >= 0.3 is 0 Å². The van der Waals surface area contributed by atoms with Crippen molar-refractivity contribution >= 4 is 23.2 Å². The monoisotopic (exact) mass is 321 g/mol. The number of carbonyl (C=O) groups excluding carboxylic acids is 1. The highest BCUT2D eigenvalue weighted by atomic mass is 35.5. The van der Waals surface area contributed by atoms with Gasteiger partial charge in [0.05, 0.1) is 25.4 Å². The first-order valence-electron chi connectivity index (χ1n) is 7.20. The third kappa shape index (κ3) is 3.63. The highest BCUT2D eigenvalue weighted by molar-refractivity contribution is 6.31. The number of carbonyl (C=O) groups is 1. The molecule has 118 valence electrons. The summed E-state index contributed by atoms with van der Waals surface area (Å²) in [5.41, 5.74) is 0.813. The molecule has 1 fully saturated rings. The smallest absolute Gasteiger partial charge is 0.240 e. The maximum Gasteiger partial charge on any atom is 0.240 e. The van der Waals surface area contributed by atoms with Gasteiger partial charge in [-0.15, -0.1) is 0 Å². The first-order valence-corrected chi connectivity index (χ1v) is 7.57. The quantitative estimate of drug-likeness (QED) is 0.845. The molecule has 2 rings (SSSR count). The molecule has 2 N–H and O–H groups in total. The summed E-state index contributed by atoms with van der Waals surface area (Å²) < 4.78 is 5.25. The molecule has 6 heteroatoms. The number of benzene rings is 1. The van der Waals surface area contributed by atoms with Crippen LogP contribution in [0.3, 0.4) is 0 Å². The Morgan fingerprint density at radius 1 is 1.55 bits per heavy atom. The number of nitriles is 1. The zero-order valence-electron chi connectivity index (χ0n) is 13.0. The number of amides is 1. The van der Waals surface area contributed by atoms with Gasteiger partial charge in [0.2, 0.25) is 5.91 Å². The second kappa shape index (κ2) is 6.45. The lowest BCUT2D eigenvalue weighted by molar-refractivity contribution is -0.120. The Morgan fingerprint density at radius 2 is 2.23 bits per heavy atom. The highest BCUT2D eigenvalue weighted by Gasteiger charge is 2.42. The lowest BCUT2D eigenvalue weighted by Crippen LogP contribution is -2.48. The van der Waals surface area contributed by atoms with Crippen LogP contribution in [-0.4, -0.2) is 25.1 Å². The SMILES string of the molecule is COc1cc(Cl)c(C)cc1NCC(=O)NC(C)(C#N)C1CC1. The molecule has 1 aromatic rings. The fraction of sp³-hybridized carbons (Fsp3) is 0.500. The normalized spacial score (nSPS) is 16.3. The van der Waals surface area contributed by atoms with Crippen molar-refractivity contribution in [1.29, 1.82) is 5.26 Å². The van der Waals surface area contributed by atoms with Crippen LogP contribution in [0.25, 0.3) is 0 Å². The summed E-state index contributed by atoms with van der Waals surface area (Å²) in [5.74, 6) is 0.619. The summed E-state index contributed by atoms with van der Waals surface area (Å²) in [6.07, 6.45) is 1.98. The van der Waals surface area contributed by atoms with Crippen molar-refractivity contribution in [3.8, 4) is 11.8 Å². The minimum absolute atomic E-state index is 0.0709. The first-order chi connectivity index (χ1) is 10.4. The van der Waals surface area contributed by atoms with E-state index in [9.17, 15) is 10.1 Å². The lowest BCUT2D eigenvalue weighted by atomic mass is 9.98. The minimum Gasteiger partial charge on any atom is -0.495 e. The zero-order chi connectivity index (χ0) is 16.3. The Kier molecular flexibility index (Phi) is 4.82. The molecule has 1 amide bonds. The number of anilines is 1. The molecule has 22 heavy (non-hydrogen) atoms. The largest absolute Gasteiger partial charge is 0.495 e. The van der Waals surface area contributed by atoms with Gasteiger partial charge in [-0.3, -0.25) is 4.79 Å². The maximum atomic E-state index is 12.1. The molecule has 1 atom stereocenters. The van der Waals surface area contributed by atoms with Crippen molar-refractivity contribution in [2.24, 2.45) is 5.92 Å². The number of hydrogen-bond donors (Lipinski definition) is 2. The summed E-state index contributed by atoms with van der Waals surface area (Å²) >= 11 is 6.05. The predicted octanol–water partition coefficient (Wildman–Crippen LogP) is 2.88. The molecule has 0 bridgehead atoms. The van der Waals surface area contributed by atoms with Crippen molar-refractivity contribution in [3.63, 3.8) is 0 Å². The molecule has 0 aliphatic heterocycles. The molecular formula is C16H20ClN3O2. The van der Waals surface area contributed by atoms with E-state index in [1.54, 1.807) is 20.1 Å². The van der Waals surface area contributed by atoms with E-state index in [2.05, 4.69) is 16.7 Å². The Hall–Kier alpha value is -1.93. The predicted molar refractivity (Wildman–Crippen MR) is 86.1 cm³/mol. The Bertz CT molecular complexity index is 623. The molecule has 0 heterocycles. The van der Waals surface area contributed by atoms with E-state index in [0.29, 0.717) is 16.5 Å². The van der Waals surface area contributed by atoms with Crippen molar-refractivity contribution in [2.45, 2.75) is 32.2 Å². The van der Waals surface area contributed by atoms with Crippen LogP contribution in [-0.2, 0) is 4.79 Å². The number of nitrogens with one attached hydrogen (secondary N) is 2. The topological polar surface area (TPSA) is 74.2 Å². The number of halogens is 1. The summed E-state index contributed by atoms with van der Waals surface area (Å²) in [6.45, 7) is 3.73. The Balaban J connectivity index is 1.99. The number of rotatable bonds is 6. The van der Waals surface area contributed by atoms with Gasteiger partial charge in [-0.1, -0.05) is 11.6 Å². The fourth-order valence-electron chi connectivity index (χ4n) is 2.36. The van der Waals surface area contributed by atoms with Crippen LogP contribution in [0.1, 0.15) is 25.3 Å². The van der Waals surface area contributed by atoms with E-state index < -0.39 is 5.54 Å². The number of nitrogens with zero attached hydrogens (tertiary/aromatic N) is 1. The minimum atomic E-state index is -0.779. The standard InChI is InChI=1S/C16H20ClN3O2/c1-10-6-13(14(22-3)7-12(10)17)19-8-15(21)20-16(2,9-18)11-4-5-11/h6-7,11,19H,4-5,8H2,1-3H3,(H,20,21). The van der Waals surface area contributed by atoms with E-state index in [1.165, 1.54) is 0 Å². The van der Waals surface area contributed by atoms with Crippen LogP contribution in [0.5, 0.6) is 5.75 Å². The third-order valence-corrected chi connectivity index (χ3v) is 4.35. The molecule has 0 radical (unpaired) electrons. The van der Waals surface area contributed by atoms with Crippen molar-refractivity contribution in [3.05, 3.63) is 22.7 Å². The lowest BCUT2D eigenvalue weighted by Gasteiger charge is -2.23. The van der Waals surface area contributed by atoms with Gasteiger partial charge < -0.3 is 15.4 Å². The van der Waals surface area contributed by atoms with Crippen molar-refractivity contribution < 1.29 is 9.53 Å². The van der Waals surface area contributed by atoms with Gasteiger partial charge in [0.1, 0.15) is 11.3 Å². The van der Waals surface area contributed by atoms with Crippen LogP contribution < -0.4 is 15.4 Å². The molecule has 1 saturated carbocycles. The number of methoxy groups -OCH3 is 1. The van der Waals surface area contributed by atoms with Crippen molar-refractivity contribution in [2.75, 3.05) is 19.0 Å². The van der Waals surface area contributed by atoms with Crippen molar-refractivity contribution in [1.82, 2.24) is 5.32 Å². The van der Waals surface area contributed by atoms with E-state index in [-0.39, 0.29) is 18.4 Å². The average Bonchev–Trinajstić information content (AvgIpc) is 3.33. The maximum absolute atomic E-state index is 12.1. The van der Waals surface area contributed by atoms with Gasteiger partial charge in [0, 0.05) is 11.1 Å². The molecular weight excluding hydrogens is 302 g/mol. The first kappa shape index (κ1) is 16.4. The molecule has 0 spiro atoms. The molecule has 0 aromatic heterocycles. The van der Waals surface area contributed by atoms with Gasteiger partial charge in [0.15, 0.2) is 0 Å². The van der Waals surface area contributed by atoms with Gasteiger partial charge in [-0.2, -0.15) is 5.26 Å². The fourth-order valence-corrected chi connectivity index (χ4v) is 2.52. The van der Waals surface area contributed by atoms with E-state index in [0.717, 1.165) is 18.4 Å². The van der Waals surface area contributed by atoms with E-state index >= 15 is 0 Å². The van der Waals surface area contributed by atoms with Crippen LogP contribution in [0.2, 0.25) is 5.02 Å². The summed E-state index contributed by atoms with van der Waals surface area (Å²) in [6, 6.07) is 5.75. The summed E-state index contributed by atoms with van der Waals surface area (Å²) in [4.78, 5) is 12.1. The Labute approximate surface area is 135 Å². The van der Waals surface area contributed by atoms with Gasteiger partial charge in [-0.25, -0.2) is 0 Å². The Morgan fingerprint density at radius 3 is 2.77 bits per heavy atom. The van der Waals surface area contributed by atoms with Crippen LogP contribution >= 0.6 is 11.6 Å². The van der Waals surface area contributed by atoms with E-state index in [4.69, 9.17) is 16.3 Å². The number of ether oxygens (including phenoxy) is 1. The number of aryl methyl sites for hydroxylation is 1. The number of hydrogen-bond acceptors (Lipinski definition) is 4. The average molecular weight is 322 g/mol.